The minimum absolute atomic E-state index is 0.0110. The van der Waals surface area contributed by atoms with Gasteiger partial charge >= 0.3 is 0 Å². The molecule has 1 fully saturated rings. The van der Waals surface area contributed by atoms with E-state index in [2.05, 4.69) is 10.4 Å². The van der Waals surface area contributed by atoms with E-state index in [4.69, 9.17) is 16.2 Å². The first-order chi connectivity index (χ1) is 17.3. The van der Waals surface area contributed by atoms with Crippen LogP contribution in [0.5, 0.6) is 5.75 Å². The molecule has 2 amide bonds. The second-order valence-corrected chi connectivity index (χ2v) is 9.11. The van der Waals surface area contributed by atoms with E-state index < -0.39 is 5.91 Å². The molecule has 9 heteroatoms. The van der Waals surface area contributed by atoms with E-state index in [1.54, 1.807) is 35.9 Å². The highest BCUT2D eigenvalue weighted by Gasteiger charge is 2.30. The number of nitrogens with two attached hydrogens (primary N) is 2. The van der Waals surface area contributed by atoms with Crippen molar-refractivity contribution in [3.8, 4) is 17.0 Å². The molecule has 0 bridgehead atoms. The quantitative estimate of drug-likeness (QED) is 0.442. The largest absolute Gasteiger partial charge is 0.496 e. The molecule has 1 aromatic heterocycles. The van der Waals surface area contributed by atoms with Crippen LogP contribution in [0.2, 0.25) is 0 Å². The van der Waals surface area contributed by atoms with E-state index in [-0.39, 0.29) is 35.0 Å². The van der Waals surface area contributed by atoms with Crippen molar-refractivity contribution in [2.75, 3.05) is 12.8 Å². The van der Waals surface area contributed by atoms with E-state index in [1.165, 1.54) is 7.11 Å². The zero-order valence-electron chi connectivity index (χ0n) is 20.5. The van der Waals surface area contributed by atoms with Gasteiger partial charge < -0.3 is 21.5 Å². The van der Waals surface area contributed by atoms with Gasteiger partial charge in [-0.15, -0.1) is 0 Å². The first-order valence-corrected chi connectivity index (χ1v) is 12.0. The fourth-order valence-electron chi connectivity index (χ4n) is 4.79. The average Bonchev–Trinajstić information content (AvgIpc) is 3.24. The van der Waals surface area contributed by atoms with Gasteiger partial charge in [0.15, 0.2) is 0 Å². The molecule has 36 heavy (non-hydrogen) atoms. The second-order valence-electron chi connectivity index (χ2n) is 9.11. The summed E-state index contributed by atoms with van der Waals surface area (Å²) in [4.78, 5) is 36.6. The van der Waals surface area contributed by atoms with Crippen LogP contribution >= 0.6 is 0 Å². The van der Waals surface area contributed by atoms with Gasteiger partial charge in [0.2, 0.25) is 0 Å². The van der Waals surface area contributed by atoms with Gasteiger partial charge in [-0.1, -0.05) is 36.4 Å². The van der Waals surface area contributed by atoms with Gasteiger partial charge in [-0.05, 0) is 50.3 Å². The van der Waals surface area contributed by atoms with E-state index >= 15 is 0 Å². The lowest BCUT2D eigenvalue weighted by molar-refractivity contribution is -0.121. The van der Waals surface area contributed by atoms with Crippen molar-refractivity contribution in [2.45, 2.75) is 45.2 Å². The van der Waals surface area contributed by atoms with Crippen LogP contribution in [-0.4, -0.2) is 34.5 Å². The Morgan fingerprint density at radius 3 is 2.33 bits per heavy atom. The highest BCUT2D eigenvalue weighted by atomic mass is 16.5. The van der Waals surface area contributed by atoms with Crippen LogP contribution in [0.15, 0.2) is 48.5 Å². The van der Waals surface area contributed by atoms with Crippen molar-refractivity contribution in [1.82, 2.24) is 15.1 Å². The minimum atomic E-state index is -0.640. The van der Waals surface area contributed by atoms with Gasteiger partial charge in [0.05, 0.1) is 18.7 Å². The summed E-state index contributed by atoms with van der Waals surface area (Å²) in [6.45, 7) is 1.94. The summed E-state index contributed by atoms with van der Waals surface area (Å²) < 4.78 is 6.94. The highest BCUT2D eigenvalue weighted by molar-refractivity contribution is 6.03. The smallest absolute Gasteiger partial charge is 0.255 e. The molecule has 0 spiro atoms. The monoisotopic (exact) mass is 489 g/mol. The Hall–Kier alpha value is -4.14. The molecule has 188 valence electrons. The maximum atomic E-state index is 12.6. The number of amides is 2. The van der Waals surface area contributed by atoms with Crippen LogP contribution in [0, 0.1) is 5.92 Å². The number of hydrogen-bond donors (Lipinski definition) is 3. The molecule has 2 aromatic carbocycles. The fourth-order valence-corrected chi connectivity index (χ4v) is 4.79. The van der Waals surface area contributed by atoms with Gasteiger partial charge in [0.25, 0.3) is 11.8 Å². The second kappa shape index (κ2) is 10.6. The van der Waals surface area contributed by atoms with Crippen molar-refractivity contribution < 1.29 is 19.1 Å². The summed E-state index contributed by atoms with van der Waals surface area (Å²) in [6, 6.07) is 14.4. The third kappa shape index (κ3) is 5.10. The van der Waals surface area contributed by atoms with E-state index in [0.717, 1.165) is 31.2 Å². The normalized spacial score (nSPS) is 17.4. The van der Waals surface area contributed by atoms with Crippen LogP contribution in [0.25, 0.3) is 11.3 Å². The van der Waals surface area contributed by atoms with Crippen molar-refractivity contribution in [3.05, 3.63) is 65.2 Å². The molecule has 0 radical (unpaired) electrons. The first-order valence-electron chi connectivity index (χ1n) is 12.0. The van der Waals surface area contributed by atoms with Gasteiger partial charge in [-0.25, -0.2) is 4.68 Å². The molecule has 0 saturated heterocycles. The molecule has 9 nitrogen and oxygen atoms in total. The Morgan fingerprint density at radius 2 is 1.72 bits per heavy atom. The SMILES string of the molecule is COc1ccccc1C(=O)NCc1ccc(-c2nn(C3CCC(C(C)=O)CC3)c(N)c2C(N)=O)cc1. The van der Waals surface area contributed by atoms with Crippen molar-refractivity contribution in [3.63, 3.8) is 0 Å². The number of ketones is 1. The molecule has 1 aliphatic rings. The Labute approximate surface area is 209 Å². The van der Waals surface area contributed by atoms with Gasteiger partial charge in [-0.3, -0.25) is 14.4 Å². The fraction of sp³-hybridized carbons (Fsp3) is 0.333. The molecule has 4 rings (SSSR count). The van der Waals surface area contributed by atoms with Crippen LogP contribution in [0.3, 0.4) is 0 Å². The van der Waals surface area contributed by atoms with Crippen LogP contribution < -0.4 is 21.5 Å². The molecule has 5 N–H and O–H groups in total. The number of primary amides is 1. The van der Waals surface area contributed by atoms with Crippen LogP contribution in [0.1, 0.15) is 64.9 Å². The number of carbonyl (C=O) groups is 3. The summed E-state index contributed by atoms with van der Waals surface area (Å²) in [7, 11) is 1.52. The average molecular weight is 490 g/mol. The summed E-state index contributed by atoms with van der Waals surface area (Å²) in [5.74, 6) is 0.158. The molecular formula is C27H31N5O4. The Kier molecular flexibility index (Phi) is 7.38. The number of ether oxygens (including phenoxy) is 1. The number of methoxy groups -OCH3 is 1. The predicted octanol–water partition coefficient (Wildman–Crippen LogP) is 3.49. The summed E-state index contributed by atoms with van der Waals surface area (Å²) in [6.07, 6.45) is 3.07. The van der Waals surface area contributed by atoms with E-state index in [1.807, 2.05) is 24.3 Å². The van der Waals surface area contributed by atoms with Crippen molar-refractivity contribution >= 4 is 23.4 Å². The number of nitrogen functional groups attached to an aromatic ring is 1. The Bertz CT molecular complexity index is 1270. The van der Waals surface area contributed by atoms with E-state index in [0.29, 0.717) is 29.1 Å². The Balaban J connectivity index is 1.50. The summed E-state index contributed by atoms with van der Waals surface area (Å²) >= 11 is 0. The third-order valence-electron chi connectivity index (χ3n) is 6.84. The topological polar surface area (TPSA) is 142 Å². The number of anilines is 1. The molecule has 0 aliphatic heterocycles. The van der Waals surface area contributed by atoms with Gasteiger partial charge in [0, 0.05) is 18.0 Å². The molecule has 3 aromatic rings. The lowest BCUT2D eigenvalue weighted by atomic mass is 9.84. The standard InChI is InChI=1S/C27H31N5O4/c1-16(33)18-11-13-20(14-12-18)32-25(28)23(26(29)34)24(31-32)19-9-7-17(8-10-19)15-30-27(35)21-5-3-4-6-22(21)36-2/h3-10,18,20H,11-15,28H2,1-2H3,(H2,29,34)(H,30,35). The van der Waals surface area contributed by atoms with E-state index in [9.17, 15) is 14.4 Å². The number of carbonyl (C=O) groups excluding carboxylic acids is 3. The number of hydrogen-bond acceptors (Lipinski definition) is 6. The number of Topliss-reactive ketones (excluding diaryl/α,β-unsaturated/α-hetero) is 1. The van der Waals surface area contributed by atoms with Gasteiger partial charge in [-0.2, -0.15) is 5.10 Å². The molecule has 1 heterocycles. The summed E-state index contributed by atoms with van der Waals surface area (Å²) in [5, 5.41) is 7.57. The van der Waals surface area contributed by atoms with Crippen molar-refractivity contribution in [2.24, 2.45) is 11.7 Å². The maximum Gasteiger partial charge on any atom is 0.255 e. The zero-order valence-corrected chi connectivity index (χ0v) is 20.5. The number of nitrogens with zero attached hydrogens (tertiary/aromatic N) is 2. The number of aromatic nitrogens is 2. The van der Waals surface area contributed by atoms with Crippen LogP contribution in [0.4, 0.5) is 5.82 Å². The molecular weight excluding hydrogens is 458 g/mol. The minimum Gasteiger partial charge on any atom is -0.496 e. The number of nitrogens with one attached hydrogen (secondary N) is 1. The summed E-state index contributed by atoms with van der Waals surface area (Å²) in [5.41, 5.74) is 14.7. The number of benzene rings is 2. The maximum absolute atomic E-state index is 12.6. The van der Waals surface area contributed by atoms with Crippen LogP contribution in [-0.2, 0) is 11.3 Å². The van der Waals surface area contributed by atoms with Gasteiger partial charge in [0.1, 0.15) is 28.6 Å². The Morgan fingerprint density at radius 1 is 1.06 bits per heavy atom. The number of para-hydroxylation sites is 1. The lowest BCUT2D eigenvalue weighted by Gasteiger charge is -2.27. The van der Waals surface area contributed by atoms with Crippen molar-refractivity contribution in [1.29, 1.82) is 0 Å². The number of rotatable bonds is 8. The highest BCUT2D eigenvalue weighted by Crippen LogP contribution is 2.37. The molecule has 0 atom stereocenters. The lowest BCUT2D eigenvalue weighted by Crippen LogP contribution is -2.24. The predicted molar refractivity (Wildman–Crippen MR) is 136 cm³/mol. The molecule has 1 saturated carbocycles. The molecule has 0 unspecified atom stereocenters. The zero-order chi connectivity index (χ0) is 25.8. The first kappa shape index (κ1) is 25.0. The third-order valence-corrected chi connectivity index (χ3v) is 6.84. The molecule has 1 aliphatic carbocycles.